The second-order valence-corrected chi connectivity index (χ2v) is 8.64. The monoisotopic (exact) mass is 513 g/mol. The van der Waals surface area contributed by atoms with E-state index in [0.29, 0.717) is 26.2 Å². The van der Waals surface area contributed by atoms with Crippen LogP contribution in [0, 0.1) is 12.3 Å². The first-order valence-corrected chi connectivity index (χ1v) is 11.5. The fourth-order valence-corrected chi connectivity index (χ4v) is 3.95. The summed E-state index contributed by atoms with van der Waals surface area (Å²) in [6.45, 7) is 3.35. The minimum Gasteiger partial charge on any atom is -0.480 e. The lowest BCUT2D eigenvalue weighted by Crippen LogP contribution is -2.51. The molecule has 1 fully saturated rings. The van der Waals surface area contributed by atoms with E-state index in [1.807, 2.05) is 10.8 Å². The van der Waals surface area contributed by atoms with Crippen LogP contribution < -0.4 is 5.32 Å². The first-order valence-electron chi connectivity index (χ1n) is 11.5. The van der Waals surface area contributed by atoms with Crippen LogP contribution in [0.25, 0.3) is 0 Å². The van der Waals surface area contributed by atoms with Crippen molar-refractivity contribution in [3.8, 4) is 12.3 Å². The molecule has 202 valence electrons. The molecule has 2 unspecified atom stereocenters. The van der Waals surface area contributed by atoms with E-state index in [1.54, 1.807) is 21.6 Å². The van der Waals surface area contributed by atoms with Crippen molar-refractivity contribution >= 4 is 29.8 Å². The molecular formula is C22H35N5O9. The lowest BCUT2D eigenvalue weighted by molar-refractivity contribution is -0.142. The number of rotatable bonds is 11. The van der Waals surface area contributed by atoms with Crippen molar-refractivity contribution in [1.29, 1.82) is 0 Å². The maximum Gasteiger partial charge on any atom is 0.326 e. The summed E-state index contributed by atoms with van der Waals surface area (Å²) in [5.74, 6) is -3.40. The van der Waals surface area contributed by atoms with E-state index < -0.39 is 35.8 Å². The molecule has 0 aromatic carbocycles. The number of nitrogens with one attached hydrogen (secondary N) is 1. The molecule has 0 spiro atoms. The fourth-order valence-electron chi connectivity index (χ4n) is 3.95. The highest BCUT2D eigenvalue weighted by molar-refractivity contribution is 5.95. The predicted octanol–water partition coefficient (Wildman–Crippen LogP) is -2.56. The smallest absolute Gasteiger partial charge is 0.326 e. The largest absolute Gasteiger partial charge is 0.480 e. The van der Waals surface area contributed by atoms with Gasteiger partial charge in [0.25, 0.3) is 5.91 Å². The van der Waals surface area contributed by atoms with Crippen LogP contribution in [0.15, 0.2) is 0 Å². The summed E-state index contributed by atoms with van der Waals surface area (Å²) in [6, 6.07) is -1.62. The first kappa shape index (κ1) is 30.8. The summed E-state index contributed by atoms with van der Waals surface area (Å²) in [7, 11) is 0. The maximum absolute atomic E-state index is 11.6. The van der Waals surface area contributed by atoms with Crippen LogP contribution in [-0.4, -0.2) is 154 Å². The van der Waals surface area contributed by atoms with Gasteiger partial charge in [0.1, 0.15) is 6.04 Å². The summed E-state index contributed by atoms with van der Waals surface area (Å²) in [5.41, 5.74) is 0. The van der Waals surface area contributed by atoms with Crippen molar-refractivity contribution in [2.45, 2.75) is 25.4 Å². The van der Waals surface area contributed by atoms with Gasteiger partial charge in [-0.3, -0.25) is 38.8 Å². The van der Waals surface area contributed by atoms with Crippen molar-refractivity contribution in [1.82, 2.24) is 24.9 Å². The van der Waals surface area contributed by atoms with Gasteiger partial charge in [-0.05, 0) is 19.3 Å². The van der Waals surface area contributed by atoms with E-state index in [1.165, 1.54) is 0 Å². The Morgan fingerprint density at radius 2 is 1.11 bits per heavy atom. The predicted molar refractivity (Wildman–Crippen MR) is 126 cm³/mol. The Kier molecular flexibility index (Phi) is 13.4. The summed E-state index contributed by atoms with van der Waals surface area (Å²) >= 11 is 0. The number of carbonyl (C=O) groups is 5. The molecule has 1 heterocycles. The van der Waals surface area contributed by atoms with Gasteiger partial charge in [0, 0.05) is 58.4 Å². The van der Waals surface area contributed by atoms with Gasteiger partial charge < -0.3 is 25.7 Å². The molecule has 0 aromatic rings. The molecule has 1 aliphatic heterocycles. The van der Waals surface area contributed by atoms with Gasteiger partial charge in [-0.15, -0.1) is 6.42 Å². The van der Waals surface area contributed by atoms with Gasteiger partial charge in [-0.1, -0.05) is 0 Å². The second-order valence-electron chi connectivity index (χ2n) is 8.64. The Bertz CT molecular complexity index is 799. The highest BCUT2D eigenvalue weighted by Gasteiger charge is 2.27. The molecule has 14 heteroatoms. The van der Waals surface area contributed by atoms with E-state index in [-0.39, 0.29) is 58.3 Å². The van der Waals surface area contributed by atoms with Gasteiger partial charge in [0.05, 0.1) is 19.6 Å². The third kappa shape index (κ3) is 12.5. The molecule has 14 nitrogen and oxygen atoms in total. The molecule has 0 bridgehead atoms. The average Bonchev–Trinajstić information content (AvgIpc) is 2.77. The Hall–Kier alpha value is -3.25. The van der Waals surface area contributed by atoms with Crippen molar-refractivity contribution < 1.29 is 44.4 Å². The number of carboxylic acid groups (broad SMARTS) is 4. The molecule has 36 heavy (non-hydrogen) atoms. The molecule has 0 saturated carbocycles. The number of hydrogen-bond acceptors (Lipinski definition) is 9. The average molecular weight is 514 g/mol. The van der Waals surface area contributed by atoms with E-state index in [2.05, 4.69) is 5.32 Å². The van der Waals surface area contributed by atoms with Crippen LogP contribution in [-0.2, 0) is 24.0 Å². The summed E-state index contributed by atoms with van der Waals surface area (Å²) < 4.78 is 0. The minimum atomic E-state index is -1.25. The Balaban J connectivity index is 3.09. The van der Waals surface area contributed by atoms with Gasteiger partial charge in [-0.2, -0.15) is 0 Å². The normalized spacial score (nSPS) is 19.1. The van der Waals surface area contributed by atoms with Crippen LogP contribution in [0.2, 0.25) is 0 Å². The Morgan fingerprint density at radius 1 is 0.750 bits per heavy atom. The summed E-state index contributed by atoms with van der Waals surface area (Å²) in [4.78, 5) is 64.1. The zero-order valence-electron chi connectivity index (χ0n) is 20.3. The van der Waals surface area contributed by atoms with Crippen molar-refractivity contribution in [2.75, 3.05) is 72.0 Å². The fraction of sp³-hybridized carbons (Fsp3) is 0.682. The number of carboxylic acids is 4. The quantitative estimate of drug-likeness (QED) is 0.182. The number of aliphatic carboxylic acids is 4. The first-order chi connectivity index (χ1) is 16.9. The van der Waals surface area contributed by atoms with E-state index in [9.17, 15) is 44.4 Å². The zero-order valence-corrected chi connectivity index (χ0v) is 20.3. The topological polar surface area (TPSA) is 191 Å². The summed E-state index contributed by atoms with van der Waals surface area (Å²) in [5, 5.41) is 39.6. The summed E-state index contributed by atoms with van der Waals surface area (Å²) in [6.07, 6.45) is 5.05. The maximum atomic E-state index is 11.6. The van der Waals surface area contributed by atoms with E-state index in [4.69, 9.17) is 6.42 Å². The molecule has 0 radical (unpaired) electrons. The van der Waals surface area contributed by atoms with Gasteiger partial charge >= 0.3 is 23.9 Å². The molecular weight excluding hydrogens is 478 g/mol. The Morgan fingerprint density at radius 3 is 1.42 bits per heavy atom. The molecule has 1 rings (SSSR count). The van der Waals surface area contributed by atoms with Crippen molar-refractivity contribution in [3.05, 3.63) is 0 Å². The number of hydrogen-bond donors (Lipinski definition) is 5. The van der Waals surface area contributed by atoms with Gasteiger partial charge in [-0.25, -0.2) is 4.79 Å². The number of nitrogens with zero attached hydrogens (tertiary/aromatic N) is 4. The highest BCUT2D eigenvalue weighted by atomic mass is 16.4. The van der Waals surface area contributed by atoms with Gasteiger partial charge in [0.15, 0.2) is 0 Å². The third-order valence-electron chi connectivity index (χ3n) is 5.88. The van der Waals surface area contributed by atoms with E-state index in [0.717, 1.165) is 0 Å². The minimum absolute atomic E-state index is 0.0208. The number of carbonyl (C=O) groups excluding carboxylic acids is 1. The van der Waals surface area contributed by atoms with Crippen LogP contribution in [0.3, 0.4) is 0 Å². The second kappa shape index (κ2) is 15.7. The lowest BCUT2D eigenvalue weighted by Gasteiger charge is -2.36. The number of amides is 1. The molecule has 1 saturated heterocycles. The molecule has 0 aromatic heterocycles. The van der Waals surface area contributed by atoms with Crippen molar-refractivity contribution in [2.24, 2.45) is 0 Å². The van der Waals surface area contributed by atoms with Crippen LogP contribution >= 0.6 is 0 Å². The third-order valence-corrected chi connectivity index (χ3v) is 5.88. The molecule has 5 N–H and O–H groups in total. The zero-order chi connectivity index (χ0) is 27.3. The molecule has 0 aliphatic carbocycles. The lowest BCUT2D eigenvalue weighted by atomic mass is 10.1. The molecule has 1 aliphatic rings. The standard InChI is InChI=1S/C22H35N5O9/c1-3-18(28)23-17(22(35)36)12-16(2)27-10-8-25(14-20(31)32)6-4-24(13-19(29)30)5-7-26(9-11-27)15-21(33)34/h1,16-17H,4-15H2,2H3,(H,23,28)(H,29,30)(H,31,32)(H,33,34)(H,35,36). The molecule has 1 amide bonds. The van der Waals surface area contributed by atoms with Crippen molar-refractivity contribution in [3.63, 3.8) is 0 Å². The highest BCUT2D eigenvalue weighted by Crippen LogP contribution is 2.10. The van der Waals surface area contributed by atoms with E-state index >= 15 is 0 Å². The molecule has 2 atom stereocenters. The van der Waals surface area contributed by atoms with Gasteiger partial charge in [0.2, 0.25) is 0 Å². The van der Waals surface area contributed by atoms with Crippen LogP contribution in [0.1, 0.15) is 13.3 Å². The van der Waals surface area contributed by atoms with Crippen LogP contribution in [0.4, 0.5) is 0 Å². The van der Waals surface area contributed by atoms with Crippen LogP contribution in [0.5, 0.6) is 0 Å². The SMILES string of the molecule is C#CC(=O)NC(CC(C)N1CCN(CC(=O)O)CCN(CC(=O)O)CCN(CC(=O)O)CC1)C(=O)O. The number of terminal acetylenes is 1. The Labute approximate surface area is 209 Å².